The van der Waals surface area contributed by atoms with Crippen LogP contribution < -0.4 is 5.73 Å². The highest BCUT2D eigenvalue weighted by Crippen LogP contribution is 2.57. The highest BCUT2D eigenvalue weighted by Gasteiger charge is 2.47. The van der Waals surface area contributed by atoms with Crippen molar-refractivity contribution in [1.82, 2.24) is 9.57 Å². The summed E-state index contributed by atoms with van der Waals surface area (Å²) in [5.41, 5.74) is 8.26. The Kier molecular flexibility index (Phi) is 10.1. The highest BCUT2D eigenvalue weighted by molar-refractivity contribution is 7.60. The van der Waals surface area contributed by atoms with Crippen LogP contribution in [0.1, 0.15) is 43.4 Å². The molecule has 0 aliphatic carbocycles. The Morgan fingerprint density at radius 1 is 0.878 bits per heavy atom. The maximum atomic E-state index is 15.3. The van der Waals surface area contributed by atoms with Gasteiger partial charge in [0.15, 0.2) is 7.29 Å². The molecular weight excluding hydrogens is 537 g/mol. The summed E-state index contributed by atoms with van der Waals surface area (Å²) < 4.78 is 22.1. The van der Waals surface area contributed by atoms with E-state index < -0.39 is 37.3 Å². The summed E-state index contributed by atoms with van der Waals surface area (Å²) in [4.78, 5) is 42.4. The van der Waals surface area contributed by atoms with Crippen LogP contribution in [0.5, 0.6) is 0 Å². The van der Waals surface area contributed by atoms with Crippen LogP contribution in [-0.2, 0) is 42.6 Å². The molecule has 41 heavy (non-hydrogen) atoms. The van der Waals surface area contributed by atoms with E-state index in [0.717, 1.165) is 16.7 Å². The molecule has 0 aromatic heterocycles. The van der Waals surface area contributed by atoms with E-state index in [4.69, 9.17) is 10.5 Å². The van der Waals surface area contributed by atoms with Gasteiger partial charge in [0.2, 0.25) is 5.91 Å². The molecular formula is C32H38N3O5P. The molecule has 1 aliphatic heterocycles. The summed E-state index contributed by atoms with van der Waals surface area (Å²) >= 11 is 0. The quantitative estimate of drug-likeness (QED) is 0.256. The van der Waals surface area contributed by atoms with Crippen molar-refractivity contribution in [2.24, 2.45) is 5.73 Å². The molecule has 0 spiro atoms. The van der Waals surface area contributed by atoms with Crippen molar-refractivity contribution in [3.63, 3.8) is 0 Å². The number of hydrogen-bond donors (Lipinski definition) is 1. The average molecular weight is 576 g/mol. The highest BCUT2D eigenvalue weighted by atomic mass is 31.2. The van der Waals surface area contributed by atoms with Gasteiger partial charge in [0.1, 0.15) is 18.7 Å². The Bertz CT molecular complexity index is 1320. The maximum absolute atomic E-state index is 15.3. The minimum Gasteiger partial charge on any atom is -0.459 e. The van der Waals surface area contributed by atoms with E-state index >= 15 is 4.57 Å². The summed E-state index contributed by atoms with van der Waals surface area (Å²) in [6.45, 7) is 3.53. The molecule has 8 nitrogen and oxygen atoms in total. The van der Waals surface area contributed by atoms with Gasteiger partial charge in [-0.3, -0.25) is 18.8 Å². The standard InChI is InChI=1S/C32H38N3O5P/c1-24(33)30(36)34-20-12-19-29(34)31(37)35(25(2)32(38)40-21-26-13-6-3-7-14-26)41(39,22-27-15-8-4-9-16-27)23-28-17-10-5-11-18-28/h3-11,13-18,24-25,29H,12,19-23,33H2,1-2H3/t24-,25+,29-/m0/s1. The first-order valence-corrected chi connectivity index (χ1v) is 16.0. The molecule has 1 heterocycles. The predicted octanol–water partition coefficient (Wildman–Crippen LogP) is 4.96. The molecule has 2 amide bonds. The van der Waals surface area contributed by atoms with Crippen LogP contribution in [0.15, 0.2) is 91.0 Å². The summed E-state index contributed by atoms with van der Waals surface area (Å²) in [5.74, 6) is -1.52. The van der Waals surface area contributed by atoms with Gasteiger partial charge in [-0.15, -0.1) is 0 Å². The van der Waals surface area contributed by atoms with Gasteiger partial charge in [0.05, 0.1) is 6.04 Å². The summed E-state index contributed by atoms with van der Waals surface area (Å²) in [6.07, 6.45) is 1.14. The molecule has 4 rings (SSSR count). The molecule has 0 unspecified atom stereocenters. The lowest BCUT2D eigenvalue weighted by Crippen LogP contribution is -2.53. The van der Waals surface area contributed by atoms with E-state index in [9.17, 15) is 14.4 Å². The lowest BCUT2D eigenvalue weighted by Gasteiger charge is -2.39. The second-order valence-corrected chi connectivity index (χ2v) is 13.3. The van der Waals surface area contributed by atoms with Gasteiger partial charge < -0.3 is 15.4 Å². The first kappa shape index (κ1) is 30.2. The first-order chi connectivity index (χ1) is 19.7. The topological polar surface area (TPSA) is 110 Å². The number of nitrogens with two attached hydrogens (primary N) is 1. The zero-order valence-corrected chi connectivity index (χ0v) is 24.5. The molecule has 1 aliphatic rings. The molecule has 3 aromatic carbocycles. The van der Waals surface area contributed by atoms with Crippen molar-refractivity contribution in [1.29, 1.82) is 0 Å². The van der Waals surface area contributed by atoms with E-state index in [2.05, 4.69) is 0 Å². The number of carbonyl (C=O) groups excluding carboxylic acids is 3. The second kappa shape index (κ2) is 13.7. The lowest BCUT2D eigenvalue weighted by atomic mass is 10.1. The number of rotatable bonds is 11. The predicted molar refractivity (Wildman–Crippen MR) is 159 cm³/mol. The zero-order valence-electron chi connectivity index (χ0n) is 23.6. The fourth-order valence-electron chi connectivity index (χ4n) is 5.28. The molecule has 0 saturated carbocycles. The van der Waals surface area contributed by atoms with E-state index in [-0.39, 0.29) is 24.8 Å². The van der Waals surface area contributed by atoms with Crippen LogP contribution in [0.3, 0.4) is 0 Å². The van der Waals surface area contributed by atoms with E-state index in [1.54, 1.807) is 13.8 Å². The molecule has 2 N–H and O–H groups in total. The molecule has 1 saturated heterocycles. The van der Waals surface area contributed by atoms with Gasteiger partial charge in [0, 0.05) is 18.9 Å². The van der Waals surface area contributed by atoms with Crippen molar-refractivity contribution < 1.29 is 23.7 Å². The van der Waals surface area contributed by atoms with Crippen molar-refractivity contribution in [3.05, 3.63) is 108 Å². The molecule has 3 aromatic rings. The number of esters is 1. The van der Waals surface area contributed by atoms with Crippen LogP contribution in [0.2, 0.25) is 0 Å². The van der Waals surface area contributed by atoms with Crippen LogP contribution in [0.4, 0.5) is 0 Å². The van der Waals surface area contributed by atoms with Crippen LogP contribution >= 0.6 is 7.29 Å². The van der Waals surface area contributed by atoms with E-state index in [0.29, 0.717) is 19.4 Å². The third-order valence-corrected chi connectivity index (χ3v) is 10.4. The Morgan fingerprint density at radius 2 is 1.37 bits per heavy atom. The van der Waals surface area contributed by atoms with Crippen LogP contribution in [0, 0.1) is 0 Å². The minimum absolute atomic E-state index is 0.0203. The molecule has 1 fully saturated rings. The largest absolute Gasteiger partial charge is 0.459 e. The Labute approximate surface area is 241 Å². The van der Waals surface area contributed by atoms with Gasteiger partial charge in [-0.05, 0) is 43.4 Å². The van der Waals surface area contributed by atoms with Crippen molar-refractivity contribution in [2.75, 3.05) is 6.54 Å². The molecule has 3 atom stereocenters. The number of benzene rings is 3. The second-order valence-electron chi connectivity index (χ2n) is 10.6. The summed E-state index contributed by atoms with van der Waals surface area (Å²) in [5, 5.41) is 0. The smallest absolute Gasteiger partial charge is 0.329 e. The van der Waals surface area contributed by atoms with Crippen molar-refractivity contribution >= 4 is 25.1 Å². The fourth-order valence-corrected chi connectivity index (χ4v) is 8.48. The van der Waals surface area contributed by atoms with Gasteiger partial charge in [-0.1, -0.05) is 91.0 Å². The van der Waals surface area contributed by atoms with Gasteiger partial charge in [0.25, 0.3) is 5.91 Å². The summed E-state index contributed by atoms with van der Waals surface area (Å²) in [7, 11) is -3.65. The van der Waals surface area contributed by atoms with Gasteiger partial charge in [-0.2, -0.15) is 0 Å². The zero-order chi connectivity index (χ0) is 29.4. The third kappa shape index (κ3) is 7.51. The normalized spacial score (nSPS) is 16.6. The van der Waals surface area contributed by atoms with Crippen LogP contribution in [0.25, 0.3) is 0 Å². The first-order valence-electron chi connectivity index (χ1n) is 14.0. The Hall–Kier alpha value is -3.74. The lowest BCUT2D eigenvalue weighted by molar-refractivity contribution is -0.154. The number of ether oxygens (including phenoxy) is 1. The fraction of sp³-hybridized carbons (Fsp3) is 0.344. The van der Waals surface area contributed by atoms with E-state index in [1.807, 2.05) is 91.0 Å². The minimum atomic E-state index is -3.65. The molecule has 9 heteroatoms. The van der Waals surface area contributed by atoms with E-state index in [1.165, 1.54) is 9.57 Å². The molecule has 216 valence electrons. The van der Waals surface area contributed by atoms with Crippen molar-refractivity contribution in [3.8, 4) is 0 Å². The SMILES string of the molecule is C[C@H](N)C(=O)N1CCC[C@H]1C(=O)N([C@H](C)C(=O)OCc1ccccc1)P(=O)(Cc1ccccc1)Cc1ccccc1. The number of amides is 2. The molecule has 0 bridgehead atoms. The third-order valence-electron chi connectivity index (χ3n) is 7.31. The number of likely N-dealkylation sites (tertiary alicyclic amines) is 1. The number of carbonyl (C=O) groups is 3. The maximum Gasteiger partial charge on any atom is 0.329 e. The van der Waals surface area contributed by atoms with Gasteiger partial charge >= 0.3 is 5.97 Å². The average Bonchev–Trinajstić information content (AvgIpc) is 3.47. The monoisotopic (exact) mass is 575 g/mol. The van der Waals surface area contributed by atoms with Crippen LogP contribution in [-0.4, -0.2) is 52.0 Å². The molecule has 0 radical (unpaired) electrons. The Morgan fingerprint density at radius 3 is 1.85 bits per heavy atom. The number of nitrogens with zero attached hydrogens (tertiary/aromatic N) is 2. The Balaban J connectivity index is 1.74. The van der Waals surface area contributed by atoms with Gasteiger partial charge in [-0.25, -0.2) is 4.79 Å². The number of hydrogen-bond acceptors (Lipinski definition) is 6. The van der Waals surface area contributed by atoms with Crippen molar-refractivity contribution in [2.45, 2.75) is 63.7 Å². The summed E-state index contributed by atoms with van der Waals surface area (Å²) in [6, 6.07) is 25.0.